The molecule has 0 saturated carbocycles. The van der Waals surface area contributed by atoms with Crippen molar-refractivity contribution >= 4 is 27.5 Å². The normalized spacial score (nSPS) is 12.2. The standard InChI is InChI=1S/C12H17BrN2O2/c1-3-4-9(14)12(17)15-10-6-7(2)5-8(13)11(10)16/h5-6,9,16H,3-4,14H2,1-2H3,(H,15,17). The fourth-order valence-corrected chi connectivity index (χ4v) is 2.07. The first kappa shape index (κ1) is 14.0. The molecule has 0 aliphatic rings. The lowest BCUT2D eigenvalue weighted by molar-refractivity contribution is -0.117. The molecule has 0 radical (unpaired) electrons. The van der Waals surface area contributed by atoms with Crippen LogP contribution in [0.5, 0.6) is 5.75 Å². The first-order valence-corrected chi connectivity index (χ1v) is 6.30. The molecule has 1 unspecified atom stereocenters. The number of carbonyl (C=O) groups is 1. The first-order valence-electron chi connectivity index (χ1n) is 5.51. The number of hydrogen-bond donors (Lipinski definition) is 3. The average Bonchev–Trinajstić information content (AvgIpc) is 2.25. The Balaban J connectivity index is 2.85. The topological polar surface area (TPSA) is 75.4 Å². The van der Waals surface area contributed by atoms with Crippen molar-refractivity contribution in [3.63, 3.8) is 0 Å². The highest BCUT2D eigenvalue weighted by atomic mass is 79.9. The van der Waals surface area contributed by atoms with Crippen molar-refractivity contribution in [1.82, 2.24) is 0 Å². The van der Waals surface area contributed by atoms with Crippen LogP contribution < -0.4 is 11.1 Å². The number of amides is 1. The maximum atomic E-state index is 11.7. The number of hydrogen-bond acceptors (Lipinski definition) is 3. The lowest BCUT2D eigenvalue weighted by Crippen LogP contribution is -2.35. The summed E-state index contributed by atoms with van der Waals surface area (Å²) in [5.41, 5.74) is 7.02. The zero-order valence-corrected chi connectivity index (χ0v) is 11.5. The summed E-state index contributed by atoms with van der Waals surface area (Å²) in [5.74, 6) is -0.257. The third kappa shape index (κ3) is 3.71. The molecular formula is C12H17BrN2O2. The van der Waals surface area contributed by atoms with Crippen LogP contribution in [-0.4, -0.2) is 17.1 Å². The summed E-state index contributed by atoms with van der Waals surface area (Å²) in [5, 5.41) is 12.4. The molecule has 4 nitrogen and oxygen atoms in total. The zero-order chi connectivity index (χ0) is 13.0. The molecule has 0 heterocycles. The molecule has 0 fully saturated rings. The van der Waals surface area contributed by atoms with Gasteiger partial charge in [-0.1, -0.05) is 13.3 Å². The van der Waals surface area contributed by atoms with Crippen LogP contribution in [0, 0.1) is 6.92 Å². The van der Waals surface area contributed by atoms with E-state index in [0.29, 0.717) is 16.6 Å². The van der Waals surface area contributed by atoms with Gasteiger partial charge in [0, 0.05) is 0 Å². The van der Waals surface area contributed by atoms with Gasteiger partial charge in [-0.25, -0.2) is 0 Å². The Morgan fingerprint density at radius 1 is 1.59 bits per heavy atom. The Kier molecular flexibility index (Phi) is 4.96. The summed E-state index contributed by atoms with van der Waals surface area (Å²) in [6.45, 7) is 3.85. The second-order valence-corrected chi connectivity index (χ2v) is 4.88. The number of aromatic hydroxyl groups is 1. The summed E-state index contributed by atoms with van der Waals surface area (Å²) < 4.78 is 0.553. The summed E-state index contributed by atoms with van der Waals surface area (Å²) in [7, 11) is 0. The quantitative estimate of drug-likeness (QED) is 0.748. The van der Waals surface area contributed by atoms with E-state index in [9.17, 15) is 9.90 Å². The first-order chi connectivity index (χ1) is 7.95. The lowest BCUT2D eigenvalue weighted by Gasteiger charge is -2.13. The number of phenolic OH excluding ortho intramolecular Hbond substituents is 1. The predicted molar refractivity (Wildman–Crippen MR) is 72.1 cm³/mol. The smallest absolute Gasteiger partial charge is 0.241 e. The molecule has 94 valence electrons. The van der Waals surface area contributed by atoms with Crippen molar-refractivity contribution in [2.75, 3.05) is 5.32 Å². The number of carbonyl (C=O) groups excluding carboxylic acids is 1. The number of halogens is 1. The van der Waals surface area contributed by atoms with Crippen LogP contribution in [0.15, 0.2) is 16.6 Å². The third-order valence-electron chi connectivity index (χ3n) is 2.40. The summed E-state index contributed by atoms with van der Waals surface area (Å²) in [6, 6.07) is 2.94. The monoisotopic (exact) mass is 300 g/mol. The Morgan fingerprint density at radius 2 is 2.24 bits per heavy atom. The highest BCUT2D eigenvalue weighted by Gasteiger charge is 2.15. The van der Waals surface area contributed by atoms with E-state index in [0.717, 1.165) is 12.0 Å². The van der Waals surface area contributed by atoms with Gasteiger partial charge in [0.2, 0.25) is 5.91 Å². The maximum Gasteiger partial charge on any atom is 0.241 e. The van der Waals surface area contributed by atoms with Crippen molar-refractivity contribution in [3.05, 3.63) is 22.2 Å². The van der Waals surface area contributed by atoms with E-state index < -0.39 is 6.04 Å². The number of benzene rings is 1. The number of anilines is 1. The van der Waals surface area contributed by atoms with Crippen LogP contribution in [0.3, 0.4) is 0 Å². The molecule has 1 atom stereocenters. The maximum absolute atomic E-state index is 11.7. The van der Waals surface area contributed by atoms with E-state index >= 15 is 0 Å². The van der Waals surface area contributed by atoms with Crippen molar-refractivity contribution in [2.24, 2.45) is 5.73 Å². The molecule has 5 heteroatoms. The minimum atomic E-state index is -0.543. The number of phenols is 1. The molecule has 4 N–H and O–H groups in total. The van der Waals surface area contributed by atoms with E-state index in [1.807, 2.05) is 13.8 Å². The van der Waals surface area contributed by atoms with Gasteiger partial charge < -0.3 is 16.2 Å². The van der Waals surface area contributed by atoms with Gasteiger partial charge >= 0.3 is 0 Å². The van der Waals surface area contributed by atoms with E-state index in [1.54, 1.807) is 12.1 Å². The average molecular weight is 301 g/mol. The minimum absolute atomic E-state index is 0.0210. The molecule has 0 saturated heterocycles. The Labute approximate surface area is 109 Å². The Morgan fingerprint density at radius 3 is 2.82 bits per heavy atom. The molecule has 1 rings (SSSR count). The van der Waals surface area contributed by atoms with E-state index in [1.165, 1.54) is 0 Å². The Bertz CT molecular complexity index is 421. The molecule has 0 aliphatic heterocycles. The summed E-state index contributed by atoms with van der Waals surface area (Å²) in [4.78, 5) is 11.7. The fraction of sp³-hybridized carbons (Fsp3) is 0.417. The highest BCUT2D eigenvalue weighted by Crippen LogP contribution is 2.33. The SMILES string of the molecule is CCCC(N)C(=O)Nc1cc(C)cc(Br)c1O. The van der Waals surface area contributed by atoms with Crippen LogP contribution in [0.25, 0.3) is 0 Å². The number of aryl methyl sites for hydroxylation is 1. The summed E-state index contributed by atoms with van der Waals surface area (Å²) in [6.07, 6.45) is 1.47. The molecule has 0 bridgehead atoms. The van der Waals surface area contributed by atoms with Gasteiger partial charge in [-0.05, 0) is 47.0 Å². The molecule has 1 amide bonds. The van der Waals surface area contributed by atoms with Crippen molar-refractivity contribution in [1.29, 1.82) is 0 Å². The second-order valence-electron chi connectivity index (χ2n) is 4.03. The van der Waals surface area contributed by atoms with Gasteiger partial charge in [-0.3, -0.25) is 4.79 Å². The van der Waals surface area contributed by atoms with Gasteiger partial charge in [0.15, 0.2) is 5.75 Å². The van der Waals surface area contributed by atoms with E-state index in [4.69, 9.17) is 5.73 Å². The van der Waals surface area contributed by atoms with Crippen LogP contribution in [0.4, 0.5) is 5.69 Å². The number of rotatable bonds is 4. The van der Waals surface area contributed by atoms with E-state index in [-0.39, 0.29) is 11.7 Å². The molecular weight excluding hydrogens is 284 g/mol. The van der Waals surface area contributed by atoms with Crippen LogP contribution in [0.2, 0.25) is 0 Å². The van der Waals surface area contributed by atoms with Crippen molar-refractivity contribution in [3.8, 4) is 5.75 Å². The van der Waals surface area contributed by atoms with Gasteiger partial charge in [0.25, 0.3) is 0 Å². The van der Waals surface area contributed by atoms with Crippen LogP contribution >= 0.6 is 15.9 Å². The zero-order valence-electron chi connectivity index (χ0n) is 9.96. The predicted octanol–water partition coefficient (Wildman–Crippen LogP) is 2.53. The van der Waals surface area contributed by atoms with Crippen LogP contribution in [-0.2, 0) is 4.79 Å². The molecule has 1 aromatic carbocycles. The lowest BCUT2D eigenvalue weighted by atomic mass is 10.1. The Hall–Kier alpha value is -1.07. The summed E-state index contributed by atoms with van der Waals surface area (Å²) >= 11 is 3.22. The van der Waals surface area contributed by atoms with Crippen molar-refractivity contribution < 1.29 is 9.90 Å². The van der Waals surface area contributed by atoms with Gasteiger partial charge in [0.05, 0.1) is 16.2 Å². The van der Waals surface area contributed by atoms with Crippen molar-refractivity contribution in [2.45, 2.75) is 32.7 Å². The number of nitrogens with one attached hydrogen (secondary N) is 1. The number of nitrogens with two attached hydrogens (primary N) is 1. The minimum Gasteiger partial charge on any atom is -0.505 e. The van der Waals surface area contributed by atoms with Gasteiger partial charge in [-0.2, -0.15) is 0 Å². The molecule has 1 aromatic rings. The van der Waals surface area contributed by atoms with Crippen LogP contribution in [0.1, 0.15) is 25.3 Å². The van der Waals surface area contributed by atoms with Gasteiger partial charge in [-0.15, -0.1) is 0 Å². The largest absolute Gasteiger partial charge is 0.505 e. The third-order valence-corrected chi connectivity index (χ3v) is 3.01. The highest BCUT2D eigenvalue weighted by molar-refractivity contribution is 9.10. The molecule has 17 heavy (non-hydrogen) atoms. The second kappa shape index (κ2) is 6.02. The fourth-order valence-electron chi connectivity index (χ4n) is 1.50. The molecule has 0 aliphatic carbocycles. The van der Waals surface area contributed by atoms with E-state index in [2.05, 4.69) is 21.2 Å². The van der Waals surface area contributed by atoms with Gasteiger partial charge in [0.1, 0.15) is 0 Å². The molecule has 0 aromatic heterocycles. The molecule has 0 spiro atoms.